The highest BCUT2D eigenvalue weighted by atomic mass is 127. The molecule has 2 aliphatic rings. The number of nitrogens with zero attached hydrogens (tertiary/aromatic N) is 2. The molecule has 1 aromatic heterocycles. The molecule has 2 aromatic rings. The number of guanidine groups is 1. The molecular formula is C19H24FIN4O2. The summed E-state index contributed by atoms with van der Waals surface area (Å²) in [5.74, 6) is 1.01. The predicted octanol–water partition coefficient (Wildman–Crippen LogP) is 3.13. The number of benzene rings is 1. The van der Waals surface area contributed by atoms with Crippen molar-refractivity contribution >= 4 is 29.9 Å². The van der Waals surface area contributed by atoms with Gasteiger partial charge in [-0.25, -0.2) is 9.37 Å². The third kappa shape index (κ3) is 4.78. The fourth-order valence-electron chi connectivity index (χ4n) is 3.62. The summed E-state index contributed by atoms with van der Waals surface area (Å²) in [6.07, 6.45) is 6.43. The first-order chi connectivity index (χ1) is 12.7. The average Bonchev–Trinajstić information content (AvgIpc) is 3.38. The second kappa shape index (κ2) is 9.01. The molecule has 0 radical (unpaired) electrons. The summed E-state index contributed by atoms with van der Waals surface area (Å²) in [5.41, 5.74) is 1.61. The molecule has 2 bridgehead atoms. The molecule has 2 saturated heterocycles. The highest BCUT2D eigenvalue weighted by Crippen LogP contribution is 2.34. The standard InChI is InChI=1S/C19H23FN4O2.HI/c1-21-19(24-16-10-15-6-7-17(16)26-15)22-9-8-14-11-25-18(23-14)12-2-4-13(20)5-3-12;/h2-5,11,15-17H,6-10H2,1H3,(H2,21,22,24);1H. The maximum Gasteiger partial charge on any atom is 0.226 e. The summed E-state index contributed by atoms with van der Waals surface area (Å²) in [5, 5.41) is 6.77. The Hall–Kier alpha value is -1.68. The molecule has 6 nitrogen and oxygen atoms in total. The van der Waals surface area contributed by atoms with Gasteiger partial charge in [0.25, 0.3) is 0 Å². The summed E-state index contributed by atoms with van der Waals surface area (Å²) in [7, 11) is 1.77. The van der Waals surface area contributed by atoms with Crippen LogP contribution in [0.25, 0.3) is 11.5 Å². The highest BCUT2D eigenvalue weighted by Gasteiger charge is 2.41. The summed E-state index contributed by atoms with van der Waals surface area (Å²) in [6, 6.07) is 6.46. The number of aliphatic imine (C=N–C) groups is 1. The Balaban J connectivity index is 0.00000210. The maximum atomic E-state index is 13.0. The molecule has 2 aliphatic heterocycles. The van der Waals surface area contributed by atoms with Crippen LogP contribution in [0.15, 0.2) is 39.9 Å². The summed E-state index contributed by atoms with van der Waals surface area (Å²) < 4.78 is 24.4. The van der Waals surface area contributed by atoms with Crippen LogP contribution in [0, 0.1) is 5.82 Å². The Morgan fingerprint density at radius 3 is 2.78 bits per heavy atom. The number of ether oxygens (including phenoxy) is 1. The average molecular weight is 486 g/mol. The Labute approximate surface area is 175 Å². The van der Waals surface area contributed by atoms with Crippen molar-refractivity contribution in [3.05, 3.63) is 42.0 Å². The zero-order valence-corrected chi connectivity index (χ0v) is 17.5. The van der Waals surface area contributed by atoms with Gasteiger partial charge in [-0.3, -0.25) is 4.99 Å². The molecule has 0 spiro atoms. The van der Waals surface area contributed by atoms with Crippen LogP contribution in [-0.4, -0.2) is 42.8 Å². The number of aromatic nitrogens is 1. The number of rotatable bonds is 5. The number of fused-ring (bicyclic) bond motifs is 2. The van der Waals surface area contributed by atoms with E-state index in [1.807, 2.05) is 0 Å². The monoisotopic (exact) mass is 486 g/mol. The Morgan fingerprint density at radius 2 is 2.11 bits per heavy atom. The van der Waals surface area contributed by atoms with Crippen LogP contribution in [0.5, 0.6) is 0 Å². The third-order valence-corrected chi connectivity index (χ3v) is 4.97. The lowest BCUT2D eigenvalue weighted by Crippen LogP contribution is -2.47. The minimum absolute atomic E-state index is 0. The van der Waals surface area contributed by atoms with Gasteiger partial charge in [0.1, 0.15) is 12.1 Å². The van der Waals surface area contributed by atoms with Crippen LogP contribution >= 0.6 is 24.0 Å². The largest absolute Gasteiger partial charge is 0.444 e. The molecule has 1 aromatic carbocycles. The molecule has 2 N–H and O–H groups in total. The van der Waals surface area contributed by atoms with E-state index in [9.17, 15) is 4.39 Å². The Morgan fingerprint density at radius 1 is 1.30 bits per heavy atom. The summed E-state index contributed by atoms with van der Waals surface area (Å²) in [6.45, 7) is 0.691. The van der Waals surface area contributed by atoms with Gasteiger partial charge in [-0.1, -0.05) is 0 Å². The molecule has 27 heavy (non-hydrogen) atoms. The van der Waals surface area contributed by atoms with Gasteiger partial charge in [-0.15, -0.1) is 24.0 Å². The molecule has 3 atom stereocenters. The van der Waals surface area contributed by atoms with Crippen LogP contribution < -0.4 is 10.6 Å². The quantitative estimate of drug-likeness (QED) is 0.386. The van der Waals surface area contributed by atoms with Gasteiger partial charge in [0.15, 0.2) is 5.96 Å². The smallest absolute Gasteiger partial charge is 0.226 e. The van der Waals surface area contributed by atoms with Gasteiger partial charge >= 0.3 is 0 Å². The molecule has 0 aliphatic carbocycles. The van der Waals surface area contributed by atoms with E-state index in [0.717, 1.165) is 30.1 Å². The molecule has 2 fully saturated rings. The van der Waals surface area contributed by atoms with Gasteiger partial charge in [0.2, 0.25) is 5.89 Å². The van der Waals surface area contributed by atoms with Crippen LogP contribution in [0.4, 0.5) is 4.39 Å². The van der Waals surface area contributed by atoms with Crippen LogP contribution in [-0.2, 0) is 11.2 Å². The van der Waals surface area contributed by atoms with Gasteiger partial charge in [0.05, 0.1) is 23.9 Å². The fraction of sp³-hybridized carbons (Fsp3) is 0.474. The number of oxazole rings is 1. The van der Waals surface area contributed by atoms with Gasteiger partial charge in [-0.2, -0.15) is 0 Å². The van der Waals surface area contributed by atoms with Crippen LogP contribution in [0.1, 0.15) is 25.0 Å². The molecule has 0 amide bonds. The second-order valence-corrected chi connectivity index (χ2v) is 6.76. The minimum atomic E-state index is -0.274. The predicted molar refractivity (Wildman–Crippen MR) is 112 cm³/mol. The highest BCUT2D eigenvalue weighted by molar-refractivity contribution is 14.0. The van der Waals surface area contributed by atoms with Crippen molar-refractivity contribution in [2.45, 2.75) is 43.9 Å². The van der Waals surface area contributed by atoms with E-state index in [1.165, 1.54) is 18.6 Å². The topological polar surface area (TPSA) is 71.7 Å². The molecule has 0 saturated carbocycles. The van der Waals surface area contributed by atoms with Crippen molar-refractivity contribution in [1.29, 1.82) is 0 Å². The van der Waals surface area contributed by atoms with E-state index in [1.54, 1.807) is 25.4 Å². The minimum Gasteiger partial charge on any atom is -0.444 e. The second-order valence-electron chi connectivity index (χ2n) is 6.76. The molecule has 146 valence electrons. The normalized spacial score (nSPS) is 23.9. The van der Waals surface area contributed by atoms with Crippen molar-refractivity contribution in [2.75, 3.05) is 13.6 Å². The lowest BCUT2D eigenvalue weighted by Gasteiger charge is -2.22. The van der Waals surface area contributed by atoms with Crippen molar-refractivity contribution < 1.29 is 13.5 Å². The molecular weight excluding hydrogens is 462 g/mol. The SMILES string of the molecule is CN=C(NCCc1coc(-c2ccc(F)cc2)n1)NC1CC2CCC1O2.I. The van der Waals surface area contributed by atoms with E-state index < -0.39 is 0 Å². The van der Waals surface area contributed by atoms with Crippen LogP contribution in [0.2, 0.25) is 0 Å². The summed E-state index contributed by atoms with van der Waals surface area (Å²) >= 11 is 0. The number of hydrogen-bond donors (Lipinski definition) is 2. The number of nitrogens with one attached hydrogen (secondary N) is 2. The van der Waals surface area contributed by atoms with Crippen molar-refractivity contribution in [3.8, 4) is 11.5 Å². The zero-order chi connectivity index (χ0) is 17.9. The third-order valence-electron chi connectivity index (χ3n) is 4.97. The van der Waals surface area contributed by atoms with E-state index >= 15 is 0 Å². The van der Waals surface area contributed by atoms with Crippen molar-refractivity contribution in [2.24, 2.45) is 4.99 Å². The maximum absolute atomic E-state index is 13.0. The summed E-state index contributed by atoms with van der Waals surface area (Å²) in [4.78, 5) is 8.74. The van der Waals surface area contributed by atoms with Gasteiger partial charge < -0.3 is 19.8 Å². The van der Waals surface area contributed by atoms with E-state index in [-0.39, 0.29) is 29.8 Å². The molecule has 3 unspecified atom stereocenters. The van der Waals surface area contributed by atoms with E-state index in [2.05, 4.69) is 20.6 Å². The van der Waals surface area contributed by atoms with Crippen molar-refractivity contribution in [3.63, 3.8) is 0 Å². The van der Waals surface area contributed by atoms with E-state index in [4.69, 9.17) is 9.15 Å². The Kier molecular flexibility index (Phi) is 6.69. The first kappa shape index (κ1) is 20.1. The van der Waals surface area contributed by atoms with Gasteiger partial charge in [0, 0.05) is 25.6 Å². The fourth-order valence-corrected chi connectivity index (χ4v) is 3.62. The Bertz CT molecular complexity index is 780. The first-order valence-corrected chi connectivity index (χ1v) is 9.04. The molecule has 8 heteroatoms. The molecule has 4 rings (SSSR count). The van der Waals surface area contributed by atoms with Crippen molar-refractivity contribution in [1.82, 2.24) is 15.6 Å². The lowest BCUT2D eigenvalue weighted by atomic mass is 9.96. The first-order valence-electron chi connectivity index (χ1n) is 9.04. The molecule has 3 heterocycles. The lowest BCUT2D eigenvalue weighted by molar-refractivity contribution is 0.0992. The number of halogens is 2. The number of hydrogen-bond acceptors (Lipinski definition) is 4. The van der Waals surface area contributed by atoms with E-state index in [0.29, 0.717) is 37.1 Å². The van der Waals surface area contributed by atoms with Gasteiger partial charge in [-0.05, 0) is 43.5 Å². The zero-order valence-electron chi connectivity index (χ0n) is 15.2. The van der Waals surface area contributed by atoms with Crippen LogP contribution in [0.3, 0.4) is 0 Å².